The Morgan fingerprint density at radius 1 is 1.25 bits per heavy atom. The molecule has 0 aromatic carbocycles. The standard InChI is InChI=1S/C17H15N9OS/c1-9-22-24-16-12-8-27-4-3-25(12)15-11(26(9)16)7-19-14(21-15)10-6-20-23-13(10)17-18-2-5-28-17/h2,5-7,12H,3-4,8H2,1H3,(H,20,23). The second-order valence-electron chi connectivity index (χ2n) is 6.62. The predicted molar refractivity (Wildman–Crippen MR) is 101 cm³/mol. The van der Waals surface area contributed by atoms with E-state index in [0.717, 1.165) is 46.0 Å². The molecule has 10 nitrogen and oxygen atoms in total. The Kier molecular flexibility index (Phi) is 3.34. The number of hydrogen-bond donors (Lipinski definition) is 1. The van der Waals surface area contributed by atoms with Crippen molar-refractivity contribution in [3.8, 4) is 27.8 Å². The van der Waals surface area contributed by atoms with Crippen LogP contribution in [0.15, 0.2) is 24.0 Å². The highest BCUT2D eigenvalue weighted by atomic mass is 32.1. The lowest BCUT2D eigenvalue weighted by Gasteiger charge is -2.40. The number of morpholine rings is 1. The molecular formula is C17H15N9OS. The van der Waals surface area contributed by atoms with Gasteiger partial charge in [0, 0.05) is 18.1 Å². The molecule has 6 heterocycles. The van der Waals surface area contributed by atoms with Crippen molar-refractivity contribution >= 4 is 17.2 Å². The van der Waals surface area contributed by atoms with Gasteiger partial charge in [0.2, 0.25) is 0 Å². The number of ether oxygens (including phenoxy) is 1. The molecule has 0 spiro atoms. The van der Waals surface area contributed by atoms with Gasteiger partial charge in [-0.1, -0.05) is 0 Å². The average Bonchev–Trinajstić information content (AvgIpc) is 3.48. The second kappa shape index (κ2) is 5.91. The SMILES string of the molecule is Cc1nnc2n1-c1cnc(-c3cn[nH]c3-c3nccs3)nc1N1CCOCC21. The quantitative estimate of drug-likeness (QED) is 0.549. The molecule has 1 N–H and O–H groups in total. The largest absolute Gasteiger partial charge is 0.377 e. The number of aromatic amines is 1. The van der Waals surface area contributed by atoms with E-state index in [2.05, 4.69) is 35.3 Å². The summed E-state index contributed by atoms with van der Waals surface area (Å²) in [6.07, 6.45) is 5.35. The summed E-state index contributed by atoms with van der Waals surface area (Å²) in [7, 11) is 0. The van der Waals surface area contributed by atoms with Crippen LogP contribution in [0.2, 0.25) is 0 Å². The third-order valence-corrected chi connectivity index (χ3v) is 5.86. The first kappa shape index (κ1) is 15.8. The van der Waals surface area contributed by atoms with Crippen LogP contribution in [0.25, 0.3) is 27.8 Å². The molecule has 11 heteroatoms. The van der Waals surface area contributed by atoms with Crippen molar-refractivity contribution in [3.63, 3.8) is 0 Å². The van der Waals surface area contributed by atoms with Gasteiger partial charge in [0.15, 0.2) is 17.5 Å². The number of aryl methyl sites for hydroxylation is 1. The van der Waals surface area contributed by atoms with Crippen LogP contribution in [0.3, 0.4) is 0 Å². The zero-order chi connectivity index (χ0) is 18.7. The van der Waals surface area contributed by atoms with Crippen molar-refractivity contribution in [1.29, 1.82) is 0 Å². The van der Waals surface area contributed by atoms with E-state index >= 15 is 0 Å². The Balaban J connectivity index is 1.53. The van der Waals surface area contributed by atoms with Gasteiger partial charge in [-0.2, -0.15) is 5.10 Å². The average molecular weight is 393 g/mol. The number of rotatable bonds is 2. The lowest BCUT2D eigenvalue weighted by molar-refractivity contribution is 0.0894. The lowest BCUT2D eigenvalue weighted by Crippen LogP contribution is -2.44. The molecule has 1 fully saturated rings. The Hall–Kier alpha value is -3.18. The van der Waals surface area contributed by atoms with E-state index in [1.807, 2.05) is 23.1 Å². The van der Waals surface area contributed by atoms with Gasteiger partial charge in [-0.15, -0.1) is 21.5 Å². The summed E-state index contributed by atoms with van der Waals surface area (Å²) in [5.41, 5.74) is 2.54. The first-order valence-electron chi connectivity index (χ1n) is 8.88. The molecule has 6 rings (SSSR count). The fraction of sp³-hybridized carbons (Fsp3) is 0.294. The summed E-state index contributed by atoms with van der Waals surface area (Å²) in [5, 5.41) is 18.6. The maximum absolute atomic E-state index is 5.70. The molecule has 4 aromatic heterocycles. The van der Waals surface area contributed by atoms with Crippen molar-refractivity contribution < 1.29 is 4.74 Å². The van der Waals surface area contributed by atoms with Crippen LogP contribution in [0.5, 0.6) is 0 Å². The Bertz CT molecular complexity index is 1170. The first-order valence-corrected chi connectivity index (χ1v) is 9.76. The minimum Gasteiger partial charge on any atom is -0.377 e. The molecule has 0 amide bonds. The minimum atomic E-state index is -0.00650. The fourth-order valence-electron chi connectivity index (χ4n) is 3.79. The third-order valence-electron chi connectivity index (χ3n) is 5.07. The number of aromatic nitrogens is 8. The Morgan fingerprint density at radius 2 is 2.21 bits per heavy atom. The number of thiazole rings is 1. The molecule has 0 radical (unpaired) electrons. The van der Waals surface area contributed by atoms with Crippen molar-refractivity contribution in [1.82, 2.24) is 39.9 Å². The summed E-state index contributed by atoms with van der Waals surface area (Å²) in [6.45, 7) is 3.89. The van der Waals surface area contributed by atoms with Crippen LogP contribution in [-0.4, -0.2) is 59.7 Å². The number of nitrogens with one attached hydrogen (secondary N) is 1. The van der Waals surface area contributed by atoms with Gasteiger partial charge in [0.25, 0.3) is 0 Å². The van der Waals surface area contributed by atoms with Crippen LogP contribution in [0, 0.1) is 6.92 Å². The van der Waals surface area contributed by atoms with Gasteiger partial charge in [0.05, 0.1) is 31.2 Å². The molecule has 28 heavy (non-hydrogen) atoms. The Morgan fingerprint density at radius 3 is 3.11 bits per heavy atom. The normalized spacial score (nSPS) is 17.9. The van der Waals surface area contributed by atoms with Crippen molar-refractivity contribution in [2.75, 3.05) is 24.7 Å². The molecule has 1 saturated heterocycles. The highest BCUT2D eigenvalue weighted by Crippen LogP contribution is 2.39. The fourth-order valence-corrected chi connectivity index (χ4v) is 4.44. The molecule has 2 aliphatic heterocycles. The van der Waals surface area contributed by atoms with Crippen LogP contribution in [0.1, 0.15) is 17.7 Å². The molecule has 4 aromatic rings. The van der Waals surface area contributed by atoms with Crippen molar-refractivity contribution in [2.45, 2.75) is 13.0 Å². The van der Waals surface area contributed by atoms with E-state index in [9.17, 15) is 0 Å². The number of fused-ring (bicyclic) bond motifs is 6. The van der Waals surface area contributed by atoms with Crippen LogP contribution in [-0.2, 0) is 4.74 Å². The molecule has 0 saturated carbocycles. The van der Waals surface area contributed by atoms with Gasteiger partial charge >= 0.3 is 0 Å². The molecule has 0 aliphatic carbocycles. The molecular weight excluding hydrogens is 378 g/mol. The summed E-state index contributed by atoms with van der Waals surface area (Å²) in [5.74, 6) is 3.15. The van der Waals surface area contributed by atoms with E-state index in [1.165, 1.54) is 0 Å². The molecule has 0 bridgehead atoms. The third kappa shape index (κ3) is 2.17. The zero-order valence-electron chi connectivity index (χ0n) is 14.9. The maximum Gasteiger partial charge on any atom is 0.165 e. The maximum atomic E-state index is 5.70. The van der Waals surface area contributed by atoms with Crippen molar-refractivity contribution in [3.05, 3.63) is 35.6 Å². The van der Waals surface area contributed by atoms with E-state index in [-0.39, 0.29) is 6.04 Å². The van der Waals surface area contributed by atoms with Gasteiger partial charge < -0.3 is 9.64 Å². The van der Waals surface area contributed by atoms with E-state index in [0.29, 0.717) is 19.0 Å². The summed E-state index contributed by atoms with van der Waals surface area (Å²) in [4.78, 5) is 16.2. The number of H-pyrrole nitrogens is 1. The van der Waals surface area contributed by atoms with Gasteiger partial charge in [-0.25, -0.2) is 15.0 Å². The highest BCUT2D eigenvalue weighted by Gasteiger charge is 2.37. The summed E-state index contributed by atoms with van der Waals surface area (Å²) < 4.78 is 7.72. The van der Waals surface area contributed by atoms with Crippen LogP contribution in [0.4, 0.5) is 5.82 Å². The number of anilines is 1. The van der Waals surface area contributed by atoms with E-state index in [4.69, 9.17) is 9.72 Å². The molecule has 2 aliphatic rings. The smallest absolute Gasteiger partial charge is 0.165 e. The highest BCUT2D eigenvalue weighted by molar-refractivity contribution is 7.13. The lowest BCUT2D eigenvalue weighted by atomic mass is 10.1. The number of nitrogens with zero attached hydrogens (tertiary/aromatic N) is 8. The first-order chi connectivity index (χ1) is 13.8. The minimum absolute atomic E-state index is 0.00650. The van der Waals surface area contributed by atoms with Crippen LogP contribution < -0.4 is 4.90 Å². The van der Waals surface area contributed by atoms with E-state index < -0.39 is 0 Å². The Labute approximate surface area is 163 Å². The second-order valence-corrected chi connectivity index (χ2v) is 7.52. The monoisotopic (exact) mass is 393 g/mol. The zero-order valence-corrected chi connectivity index (χ0v) is 15.7. The topological polar surface area (TPSA) is 111 Å². The number of hydrogen-bond acceptors (Lipinski definition) is 9. The van der Waals surface area contributed by atoms with Gasteiger partial charge in [0.1, 0.15) is 28.3 Å². The summed E-state index contributed by atoms with van der Waals surface area (Å²) >= 11 is 1.54. The predicted octanol–water partition coefficient (Wildman–Crippen LogP) is 1.77. The molecule has 1 atom stereocenters. The van der Waals surface area contributed by atoms with Gasteiger partial charge in [-0.3, -0.25) is 9.67 Å². The van der Waals surface area contributed by atoms with Gasteiger partial charge in [-0.05, 0) is 6.92 Å². The molecule has 140 valence electrons. The van der Waals surface area contributed by atoms with Crippen molar-refractivity contribution in [2.24, 2.45) is 0 Å². The van der Waals surface area contributed by atoms with E-state index in [1.54, 1.807) is 23.7 Å². The summed E-state index contributed by atoms with van der Waals surface area (Å²) in [6, 6.07) is -0.00650. The van der Waals surface area contributed by atoms with Crippen LogP contribution >= 0.6 is 11.3 Å². The molecule has 1 unspecified atom stereocenters.